The molecule has 4 heteroatoms. The average Bonchev–Trinajstić information content (AvgIpc) is 2.98. The zero-order valence-electron chi connectivity index (χ0n) is 10.7. The minimum Gasteiger partial charge on any atom is -0.302 e. The Morgan fingerprint density at radius 2 is 2.11 bits per heavy atom. The van der Waals surface area contributed by atoms with E-state index < -0.39 is 0 Å². The van der Waals surface area contributed by atoms with Crippen LogP contribution in [0.3, 0.4) is 0 Å². The number of aromatic nitrogens is 2. The van der Waals surface area contributed by atoms with E-state index in [1.165, 1.54) is 0 Å². The molecule has 1 aliphatic rings. The van der Waals surface area contributed by atoms with Crippen molar-refractivity contribution in [1.82, 2.24) is 10.2 Å². The zero-order valence-corrected chi connectivity index (χ0v) is 10.7. The van der Waals surface area contributed by atoms with Gasteiger partial charge in [0.25, 0.3) is 5.56 Å². The van der Waals surface area contributed by atoms with Crippen LogP contribution < -0.4 is 5.56 Å². The summed E-state index contributed by atoms with van der Waals surface area (Å²) >= 11 is 0. The van der Waals surface area contributed by atoms with E-state index in [1.807, 2.05) is 36.6 Å². The van der Waals surface area contributed by atoms with Gasteiger partial charge in [-0.2, -0.15) is 0 Å². The van der Waals surface area contributed by atoms with Gasteiger partial charge in [0.15, 0.2) is 0 Å². The maximum absolute atomic E-state index is 11.8. The van der Waals surface area contributed by atoms with Crippen molar-refractivity contribution in [2.75, 3.05) is 0 Å². The van der Waals surface area contributed by atoms with Crippen molar-refractivity contribution in [2.24, 2.45) is 4.99 Å². The van der Waals surface area contributed by atoms with E-state index >= 15 is 0 Å². The molecule has 0 atom stereocenters. The normalized spacial score (nSPS) is 15.1. The molecule has 2 aromatic rings. The lowest BCUT2D eigenvalue weighted by atomic mass is 10.0. The third-order valence-corrected chi connectivity index (χ3v) is 3.25. The van der Waals surface area contributed by atoms with Crippen molar-refractivity contribution in [3.63, 3.8) is 0 Å². The van der Waals surface area contributed by atoms with Gasteiger partial charge in [-0.25, -0.2) is 0 Å². The predicted molar refractivity (Wildman–Crippen MR) is 77.9 cm³/mol. The van der Waals surface area contributed by atoms with Crippen LogP contribution >= 0.6 is 0 Å². The molecule has 1 aliphatic heterocycles. The van der Waals surface area contributed by atoms with Gasteiger partial charge in [-0.15, -0.1) is 0 Å². The van der Waals surface area contributed by atoms with Gasteiger partial charge in [0.05, 0.1) is 11.3 Å². The molecule has 3 rings (SSSR count). The van der Waals surface area contributed by atoms with Gasteiger partial charge < -0.3 is 5.10 Å². The molecule has 1 aromatic heterocycles. The molecule has 0 fully saturated rings. The highest BCUT2D eigenvalue weighted by Gasteiger charge is 2.13. The van der Waals surface area contributed by atoms with Crippen molar-refractivity contribution in [3.05, 3.63) is 51.4 Å². The first-order valence-corrected chi connectivity index (χ1v) is 6.44. The monoisotopic (exact) mass is 253 g/mol. The van der Waals surface area contributed by atoms with Crippen LogP contribution in [-0.4, -0.2) is 16.4 Å². The summed E-state index contributed by atoms with van der Waals surface area (Å²) in [6.45, 7) is 2.09. The molecule has 0 bridgehead atoms. The molecule has 0 aliphatic carbocycles. The smallest absolute Gasteiger partial charge is 0.271 e. The first-order valence-electron chi connectivity index (χ1n) is 6.44. The van der Waals surface area contributed by atoms with Crippen LogP contribution in [0.1, 0.15) is 30.2 Å². The topological polar surface area (TPSA) is 61.0 Å². The van der Waals surface area contributed by atoms with E-state index in [0.717, 1.165) is 35.4 Å². The summed E-state index contributed by atoms with van der Waals surface area (Å²) in [5.74, 6) is 0. The van der Waals surface area contributed by atoms with Crippen LogP contribution in [-0.2, 0) is 6.42 Å². The Labute approximate surface area is 110 Å². The number of aryl methyl sites for hydroxylation is 1. The highest BCUT2D eigenvalue weighted by atomic mass is 16.1. The summed E-state index contributed by atoms with van der Waals surface area (Å²) < 4.78 is 0. The van der Waals surface area contributed by atoms with Crippen molar-refractivity contribution >= 4 is 23.6 Å². The quantitative estimate of drug-likeness (QED) is 0.868. The highest BCUT2D eigenvalue weighted by Crippen LogP contribution is 2.31. The molecule has 0 amide bonds. The lowest BCUT2D eigenvalue weighted by Crippen LogP contribution is -2.02. The highest BCUT2D eigenvalue weighted by molar-refractivity contribution is 6.21. The Hall–Kier alpha value is -2.36. The maximum Gasteiger partial charge on any atom is 0.271 e. The summed E-state index contributed by atoms with van der Waals surface area (Å²) in [6, 6.07) is 7.94. The summed E-state index contributed by atoms with van der Waals surface area (Å²) in [7, 11) is 0. The number of para-hydroxylation sites is 1. The second-order valence-corrected chi connectivity index (χ2v) is 4.60. The number of hydrogen-bond acceptors (Lipinski definition) is 2. The van der Waals surface area contributed by atoms with Crippen LogP contribution in [0.5, 0.6) is 0 Å². The number of fused-ring (bicyclic) bond motifs is 1. The molecule has 0 saturated carbocycles. The Kier molecular flexibility index (Phi) is 2.91. The number of nitrogens with one attached hydrogen (secondary N) is 2. The number of hydrogen-bond donors (Lipinski definition) is 2. The van der Waals surface area contributed by atoms with E-state index in [2.05, 4.69) is 22.1 Å². The second kappa shape index (κ2) is 4.72. The van der Waals surface area contributed by atoms with Crippen LogP contribution in [0.25, 0.3) is 11.6 Å². The third-order valence-electron chi connectivity index (χ3n) is 3.25. The molecule has 1 aromatic carbocycles. The van der Waals surface area contributed by atoms with E-state index in [0.29, 0.717) is 5.56 Å². The zero-order chi connectivity index (χ0) is 13.2. The van der Waals surface area contributed by atoms with Crippen molar-refractivity contribution < 1.29 is 0 Å². The largest absolute Gasteiger partial charge is 0.302 e. The first-order chi connectivity index (χ1) is 9.29. The maximum atomic E-state index is 11.8. The Morgan fingerprint density at radius 3 is 2.95 bits per heavy atom. The molecular weight excluding hydrogens is 238 g/mol. The Balaban J connectivity index is 2.07. The number of aliphatic imine (C=N–C) groups is 1. The fourth-order valence-corrected chi connectivity index (χ4v) is 2.31. The molecule has 19 heavy (non-hydrogen) atoms. The Morgan fingerprint density at radius 1 is 1.26 bits per heavy atom. The summed E-state index contributed by atoms with van der Waals surface area (Å²) in [6.07, 6.45) is 5.58. The van der Waals surface area contributed by atoms with Gasteiger partial charge >= 0.3 is 0 Å². The Bertz CT molecular complexity index is 719. The number of nitrogens with zero attached hydrogens (tertiary/aromatic N) is 1. The van der Waals surface area contributed by atoms with Crippen molar-refractivity contribution in [2.45, 2.75) is 19.8 Å². The summed E-state index contributed by atoms with van der Waals surface area (Å²) in [4.78, 5) is 16.2. The standard InChI is InChI=1S/C15H15N3O/c1-2-5-14-12(15(19)18-17-14)8-10-9-16-13-7-4-3-6-11(10)13/h3-4,6-9H,2,5H2,1H3,(H2,17,18,19). The van der Waals surface area contributed by atoms with E-state index in [1.54, 1.807) is 0 Å². The number of allylic oxidation sites excluding steroid dienone is 1. The molecule has 2 N–H and O–H groups in total. The minimum absolute atomic E-state index is 0.0752. The van der Waals surface area contributed by atoms with Crippen LogP contribution in [0, 0.1) is 0 Å². The fraction of sp³-hybridized carbons (Fsp3) is 0.200. The minimum atomic E-state index is -0.0752. The predicted octanol–water partition coefficient (Wildman–Crippen LogP) is 2.91. The molecule has 0 spiro atoms. The van der Waals surface area contributed by atoms with Gasteiger partial charge in [0.1, 0.15) is 0 Å². The number of aromatic amines is 2. The molecule has 0 unspecified atom stereocenters. The first kappa shape index (κ1) is 11.7. The van der Waals surface area contributed by atoms with Crippen molar-refractivity contribution in [3.8, 4) is 0 Å². The number of H-pyrrole nitrogens is 2. The lowest BCUT2D eigenvalue weighted by Gasteiger charge is -1.99. The molecule has 0 saturated heterocycles. The molecule has 96 valence electrons. The van der Waals surface area contributed by atoms with Crippen LogP contribution in [0.4, 0.5) is 5.69 Å². The van der Waals surface area contributed by atoms with Gasteiger partial charge in [-0.05, 0) is 18.6 Å². The van der Waals surface area contributed by atoms with Gasteiger partial charge in [0, 0.05) is 23.0 Å². The fourth-order valence-electron chi connectivity index (χ4n) is 2.31. The second-order valence-electron chi connectivity index (χ2n) is 4.60. The van der Waals surface area contributed by atoms with Crippen molar-refractivity contribution in [1.29, 1.82) is 0 Å². The molecule has 4 nitrogen and oxygen atoms in total. The van der Waals surface area contributed by atoms with Gasteiger partial charge in [0.2, 0.25) is 0 Å². The molecular formula is C15H15N3O. The average molecular weight is 253 g/mol. The van der Waals surface area contributed by atoms with Crippen LogP contribution in [0.2, 0.25) is 0 Å². The van der Waals surface area contributed by atoms with E-state index in [-0.39, 0.29) is 5.56 Å². The van der Waals surface area contributed by atoms with Gasteiger partial charge in [-0.3, -0.25) is 14.9 Å². The summed E-state index contributed by atoms with van der Waals surface area (Å²) in [5.41, 5.74) is 4.60. The van der Waals surface area contributed by atoms with Crippen LogP contribution in [0.15, 0.2) is 34.1 Å². The third kappa shape index (κ3) is 2.05. The summed E-state index contributed by atoms with van der Waals surface area (Å²) in [5, 5.41) is 5.60. The molecule has 2 heterocycles. The lowest BCUT2D eigenvalue weighted by molar-refractivity contribution is 0.864. The van der Waals surface area contributed by atoms with E-state index in [9.17, 15) is 4.79 Å². The van der Waals surface area contributed by atoms with E-state index in [4.69, 9.17) is 0 Å². The molecule has 0 radical (unpaired) electrons. The van der Waals surface area contributed by atoms with Gasteiger partial charge in [-0.1, -0.05) is 31.5 Å². The number of rotatable bonds is 3. The SMILES string of the molecule is CCCc1[nH][nH]c(=O)c1C=C1C=Nc2ccccc21. The number of benzene rings is 1.